The zero-order chi connectivity index (χ0) is 28.1. The molecular weight excluding hydrogens is 524 g/mol. The van der Waals surface area contributed by atoms with Crippen molar-refractivity contribution < 1.29 is 19.4 Å². The van der Waals surface area contributed by atoms with E-state index >= 15 is 0 Å². The Morgan fingerprint density at radius 3 is 2.48 bits per heavy atom. The second-order valence-electron chi connectivity index (χ2n) is 10.3. The molecule has 0 aliphatic carbocycles. The number of aryl methyl sites for hydroxylation is 1. The van der Waals surface area contributed by atoms with E-state index in [9.17, 15) is 9.59 Å². The maximum atomic E-state index is 13.5. The van der Waals surface area contributed by atoms with Crippen LogP contribution in [-0.2, 0) is 11.2 Å². The van der Waals surface area contributed by atoms with Crippen molar-refractivity contribution in [1.82, 2.24) is 9.88 Å². The Kier molecular flexibility index (Phi) is 8.66. The lowest BCUT2D eigenvalue weighted by molar-refractivity contribution is -0.137. The van der Waals surface area contributed by atoms with Gasteiger partial charge in [0.15, 0.2) is 0 Å². The Morgan fingerprint density at radius 2 is 1.75 bits per heavy atom. The van der Waals surface area contributed by atoms with Crippen molar-refractivity contribution in [3.8, 4) is 17.0 Å². The number of rotatable bonds is 9. The molecule has 0 atom stereocenters. The van der Waals surface area contributed by atoms with Crippen molar-refractivity contribution in [2.24, 2.45) is 0 Å². The summed E-state index contributed by atoms with van der Waals surface area (Å²) in [5.74, 6) is 0.525. The third-order valence-corrected chi connectivity index (χ3v) is 7.96. The standard InChI is InChI=1S/C33H33ClN2O4/c1-40-30-8-4-3-7-28(30)22-16-18-36(19-17-22)33(39)25-12-15-29-26(21-25)20-24(6-2-5-9-31(37)38)32(35-29)23-10-13-27(34)14-11-23/h3-4,7-8,10-15,20-22H,2,5-6,9,16-19H2,1H3,(H,37,38). The van der Waals surface area contributed by atoms with Crippen LogP contribution in [0.4, 0.5) is 0 Å². The van der Waals surface area contributed by atoms with E-state index in [1.165, 1.54) is 5.56 Å². The van der Waals surface area contributed by atoms with Crippen LogP contribution in [0.5, 0.6) is 5.75 Å². The van der Waals surface area contributed by atoms with Gasteiger partial charge in [-0.3, -0.25) is 9.59 Å². The number of hydrogen-bond donors (Lipinski definition) is 1. The molecule has 3 aromatic carbocycles. The third kappa shape index (κ3) is 6.28. The van der Waals surface area contributed by atoms with Gasteiger partial charge >= 0.3 is 5.97 Å². The van der Waals surface area contributed by atoms with Gasteiger partial charge in [0.25, 0.3) is 5.91 Å². The number of amides is 1. The fourth-order valence-corrected chi connectivity index (χ4v) is 5.70. The highest BCUT2D eigenvalue weighted by molar-refractivity contribution is 6.30. The van der Waals surface area contributed by atoms with Gasteiger partial charge in [0.2, 0.25) is 0 Å². The highest BCUT2D eigenvalue weighted by atomic mass is 35.5. The number of fused-ring (bicyclic) bond motifs is 1. The number of aromatic nitrogens is 1. The van der Waals surface area contributed by atoms with Gasteiger partial charge in [-0.25, -0.2) is 4.98 Å². The molecule has 206 valence electrons. The number of carboxylic acids is 1. The lowest BCUT2D eigenvalue weighted by Gasteiger charge is -2.33. The summed E-state index contributed by atoms with van der Waals surface area (Å²) < 4.78 is 5.56. The van der Waals surface area contributed by atoms with Crippen molar-refractivity contribution in [2.75, 3.05) is 20.2 Å². The molecule has 6 nitrogen and oxygen atoms in total. The molecular formula is C33H33ClN2O4. The Balaban J connectivity index is 1.36. The summed E-state index contributed by atoms with van der Waals surface area (Å²) in [6, 6.07) is 23.5. The van der Waals surface area contributed by atoms with E-state index in [1.54, 1.807) is 7.11 Å². The zero-order valence-electron chi connectivity index (χ0n) is 22.6. The van der Waals surface area contributed by atoms with E-state index in [4.69, 9.17) is 26.4 Å². The number of unbranched alkanes of at least 4 members (excludes halogenated alkanes) is 1. The third-order valence-electron chi connectivity index (χ3n) is 7.71. The van der Waals surface area contributed by atoms with Crippen LogP contribution in [0.25, 0.3) is 22.2 Å². The average molecular weight is 557 g/mol. The van der Waals surface area contributed by atoms with Crippen LogP contribution in [-0.4, -0.2) is 47.1 Å². The van der Waals surface area contributed by atoms with E-state index in [2.05, 4.69) is 12.1 Å². The molecule has 1 amide bonds. The fourth-order valence-electron chi connectivity index (χ4n) is 5.57. The SMILES string of the molecule is COc1ccccc1C1CCN(C(=O)c2ccc3nc(-c4ccc(Cl)cc4)c(CCCCC(=O)O)cc3c2)CC1. The van der Waals surface area contributed by atoms with Crippen molar-refractivity contribution >= 4 is 34.4 Å². The lowest BCUT2D eigenvalue weighted by Crippen LogP contribution is -2.38. The van der Waals surface area contributed by atoms with Gasteiger partial charge in [-0.2, -0.15) is 0 Å². The van der Waals surface area contributed by atoms with Gasteiger partial charge in [0.1, 0.15) is 5.75 Å². The number of benzene rings is 3. The summed E-state index contributed by atoms with van der Waals surface area (Å²) in [4.78, 5) is 31.4. The Labute approximate surface area is 239 Å². The predicted octanol–water partition coefficient (Wildman–Crippen LogP) is 7.38. The number of likely N-dealkylation sites (tertiary alicyclic amines) is 1. The monoisotopic (exact) mass is 556 g/mol. The quantitative estimate of drug-likeness (QED) is 0.217. The fraction of sp³-hybridized carbons (Fsp3) is 0.303. The Bertz CT molecular complexity index is 1510. The maximum absolute atomic E-state index is 13.5. The van der Waals surface area contributed by atoms with Crippen LogP contribution in [0.3, 0.4) is 0 Å². The number of carbonyl (C=O) groups is 2. The molecule has 0 bridgehead atoms. The molecule has 4 aromatic rings. The normalized spacial score (nSPS) is 13.9. The molecule has 40 heavy (non-hydrogen) atoms. The van der Waals surface area contributed by atoms with Crippen LogP contribution in [0.15, 0.2) is 72.8 Å². The van der Waals surface area contributed by atoms with Gasteiger partial charge < -0.3 is 14.7 Å². The van der Waals surface area contributed by atoms with Gasteiger partial charge in [0.05, 0.1) is 18.3 Å². The Morgan fingerprint density at radius 1 is 1.00 bits per heavy atom. The number of nitrogens with zero attached hydrogens (tertiary/aromatic N) is 2. The molecule has 5 rings (SSSR count). The van der Waals surface area contributed by atoms with Gasteiger partial charge in [-0.15, -0.1) is 0 Å². The molecule has 7 heteroatoms. The average Bonchev–Trinajstić information content (AvgIpc) is 2.98. The smallest absolute Gasteiger partial charge is 0.303 e. The molecule has 1 aromatic heterocycles. The highest BCUT2D eigenvalue weighted by Crippen LogP contribution is 2.35. The summed E-state index contributed by atoms with van der Waals surface area (Å²) >= 11 is 6.11. The minimum absolute atomic E-state index is 0.0326. The highest BCUT2D eigenvalue weighted by Gasteiger charge is 2.26. The first-order valence-corrected chi connectivity index (χ1v) is 14.1. The number of carbonyl (C=O) groups excluding carboxylic acids is 1. The van der Waals surface area contributed by atoms with Crippen molar-refractivity contribution in [3.05, 3.63) is 94.5 Å². The van der Waals surface area contributed by atoms with Crippen LogP contribution < -0.4 is 4.74 Å². The van der Waals surface area contributed by atoms with Crippen molar-refractivity contribution in [3.63, 3.8) is 0 Å². The second kappa shape index (κ2) is 12.5. The summed E-state index contributed by atoms with van der Waals surface area (Å²) in [5.41, 5.74) is 5.52. The maximum Gasteiger partial charge on any atom is 0.303 e. The first-order valence-electron chi connectivity index (χ1n) is 13.8. The number of pyridine rings is 1. The van der Waals surface area contributed by atoms with E-state index in [-0.39, 0.29) is 12.3 Å². The minimum atomic E-state index is -0.787. The summed E-state index contributed by atoms with van der Waals surface area (Å²) in [5, 5.41) is 10.6. The second-order valence-corrected chi connectivity index (χ2v) is 10.8. The zero-order valence-corrected chi connectivity index (χ0v) is 23.4. The topological polar surface area (TPSA) is 79.7 Å². The van der Waals surface area contributed by atoms with Crippen molar-refractivity contribution in [1.29, 1.82) is 0 Å². The van der Waals surface area contributed by atoms with Gasteiger partial charge in [-0.1, -0.05) is 41.9 Å². The molecule has 1 N–H and O–H groups in total. The lowest BCUT2D eigenvalue weighted by atomic mass is 9.88. The number of halogens is 1. The largest absolute Gasteiger partial charge is 0.496 e. The van der Waals surface area contributed by atoms with Crippen LogP contribution in [0.2, 0.25) is 5.02 Å². The van der Waals surface area contributed by atoms with E-state index in [1.807, 2.05) is 65.6 Å². The minimum Gasteiger partial charge on any atom is -0.496 e. The number of hydrogen-bond acceptors (Lipinski definition) is 4. The molecule has 1 saturated heterocycles. The number of aliphatic carboxylic acids is 1. The summed E-state index contributed by atoms with van der Waals surface area (Å²) in [7, 11) is 1.70. The number of para-hydroxylation sites is 1. The first-order chi connectivity index (χ1) is 19.4. The molecule has 2 heterocycles. The van der Waals surface area contributed by atoms with Crippen molar-refractivity contribution in [2.45, 2.75) is 44.4 Å². The van der Waals surface area contributed by atoms with Crippen LogP contribution in [0.1, 0.15) is 59.5 Å². The van der Waals surface area contributed by atoms with Gasteiger partial charge in [-0.05, 0) is 91.6 Å². The molecule has 1 aliphatic rings. The van der Waals surface area contributed by atoms with Gasteiger partial charge in [0, 0.05) is 41.0 Å². The molecule has 1 fully saturated rings. The molecule has 0 saturated carbocycles. The number of piperidine rings is 1. The first kappa shape index (κ1) is 27.7. The molecule has 0 spiro atoms. The number of methoxy groups -OCH3 is 1. The molecule has 0 unspecified atom stereocenters. The van der Waals surface area contributed by atoms with E-state index in [0.29, 0.717) is 42.4 Å². The van der Waals surface area contributed by atoms with Crippen LogP contribution >= 0.6 is 11.6 Å². The van der Waals surface area contributed by atoms with E-state index < -0.39 is 5.97 Å². The molecule has 1 aliphatic heterocycles. The summed E-state index contributed by atoms with van der Waals surface area (Å²) in [6.45, 7) is 1.39. The van der Waals surface area contributed by atoms with E-state index in [0.717, 1.165) is 52.7 Å². The Hall–Kier alpha value is -3.90. The number of carboxylic acid groups (broad SMARTS) is 1. The number of ether oxygens (including phenoxy) is 1. The predicted molar refractivity (Wildman–Crippen MR) is 158 cm³/mol. The van der Waals surface area contributed by atoms with Crippen LogP contribution in [0, 0.1) is 0 Å². The molecule has 0 radical (unpaired) electrons. The summed E-state index contributed by atoms with van der Waals surface area (Å²) in [6.07, 6.45) is 3.96.